The van der Waals surface area contributed by atoms with E-state index < -0.39 is 7.12 Å². The van der Waals surface area contributed by atoms with Crippen molar-refractivity contribution < 1.29 is 38.6 Å². The van der Waals surface area contributed by atoms with E-state index in [1.165, 1.54) is 58.7 Å². The number of benzene rings is 6. The molecule has 2 heterocycles. The molecule has 6 aromatic rings. The Morgan fingerprint density at radius 1 is 0.629 bits per heavy atom. The summed E-state index contributed by atoms with van der Waals surface area (Å²) in [5, 5.41) is 17.9. The molecule has 4 unspecified atom stereocenters. The molecule has 2 aliphatic rings. The Morgan fingerprint density at radius 2 is 1.07 bits per heavy atom. The minimum absolute atomic E-state index is 0.0222. The van der Waals surface area contributed by atoms with E-state index >= 15 is 0 Å². The van der Waals surface area contributed by atoms with Gasteiger partial charge < -0.3 is 29.0 Å². The minimum atomic E-state index is -1.35. The van der Waals surface area contributed by atoms with Gasteiger partial charge in [-0.1, -0.05) is 130 Å². The number of fused-ring (bicyclic) bond motifs is 2. The van der Waals surface area contributed by atoms with Gasteiger partial charge in [0.15, 0.2) is 0 Å². The summed E-state index contributed by atoms with van der Waals surface area (Å²) in [5.41, 5.74) is 14.3. The molecule has 360 valence electrons. The molecule has 0 amide bonds. The van der Waals surface area contributed by atoms with Gasteiger partial charge >= 0.3 is 19.1 Å². The van der Waals surface area contributed by atoms with Gasteiger partial charge in [-0.2, -0.15) is 0 Å². The van der Waals surface area contributed by atoms with Gasteiger partial charge in [-0.25, -0.2) is 0 Å². The lowest BCUT2D eigenvalue weighted by Gasteiger charge is -2.28. The molecule has 10 heteroatoms. The van der Waals surface area contributed by atoms with Crippen LogP contribution in [0.3, 0.4) is 0 Å². The number of ether oxygens (including phenoxy) is 4. The highest BCUT2D eigenvalue weighted by Gasteiger charge is 2.26. The smallest absolute Gasteiger partial charge is 0.485 e. The fourth-order valence-electron chi connectivity index (χ4n) is 9.18. The monoisotopic (exact) mass is 1000 g/mol. The zero-order valence-corrected chi connectivity index (χ0v) is 43.0. The van der Waals surface area contributed by atoms with Crippen molar-refractivity contribution in [3.8, 4) is 46.3 Å². The molecule has 2 aliphatic heterocycles. The van der Waals surface area contributed by atoms with Crippen LogP contribution in [0.5, 0.6) is 11.5 Å². The predicted octanol–water partition coefficient (Wildman–Crippen LogP) is 11.9. The fourth-order valence-corrected chi connectivity index (χ4v) is 9.60. The molecule has 2 N–H and O–H groups in total. The first-order valence-corrected chi connectivity index (χ1v) is 24.4. The van der Waals surface area contributed by atoms with E-state index in [-0.39, 0.29) is 48.8 Å². The van der Waals surface area contributed by atoms with Crippen molar-refractivity contribution in [2.24, 2.45) is 0 Å². The molecular weight excluding hydrogens is 939 g/mol. The van der Waals surface area contributed by atoms with Crippen LogP contribution < -0.4 is 14.9 Å². The second-order valence-electron chi connectivity index (χ2n) is 17.6. The number of carbonyl (C=O) groups excluding carboxylic acids is 2. The zero-order valence-electron chi connectivity index (χ0n) is 41.4. The van der Waals surface area contributed by atoms with Crippen molar-refractivity contribution in [1.82, 2.24) is 0 Å². The number of hydrogen-bond acceptors (Lipinski definition) is 8. The maximum absolute atomic E-state index is 11.8. The molecule has 0 aromatic heterocycles. The third-order valence-electron chi connectivity index (χ3n) is 12.7. The van der Waals surface area contributed by atoms with Crippen LogP contribution >= 0.6 is 15.9 Å². The maximum Gasteiger partial charge on any atom is 0.488 e. The number of carbonyl (C=O) groups is 2. The van der Waals surface area contributed by atoms with E-state index in [2.05, 4.69) is 120 Å². The number of aryl methyl sites for hydroxylation is 6. The van der Waals surface area contributed by atoms with Gasteiger partial charge in [0.1, 0.15) is 23.7 Å². The maximum atomic E-state index is 11.8. The molecule has 6 aromatic carbocycles. The van der Waals surface area contributed by atoms with Gasteiger partial charge in [-0.15, -0.1) is 11.8 Å². The SMILES string of the molecule is CC#CC(CC(=O)OC)c1ccc2c(c1)CCC(c1cccc(-c3c(C)cccc3C)c1)O2.CC#CC(CC(=O)OC)c1ccc2c(c1)CCC(c1cccc(Br)c1)O2.Cc1cccc(C)c1B(O)O. The highest BCUT2D eigenvalue weighted by atomic mass is 79.9. The van der Waals surface area contributed by atoms with Crippen LogP contribution in [-0.2, 0) is 31.9 Å². The predicted molar refractivity (Wildman–Crippen MR) is 283 cm³/mol. The fraction of sp³-hybridized carbons (Fsp3) is 0.300. The van der Waals surface area contributed by atoms with E-state index in [0.29, 0.717) is 5.46 Å². The molecule has 0 saturated carbocycles. The van der Waals surface area contributed by atoms with Crippen LogP contribution in [0.4, 0.5) is 0 Å². The Bertz CT molecular complexity index is 2880. The number of esters is 2. The summed E-state index contributed by atoms with van der Waals surface area (Å²) in [4.78, 5) is 23.5. The topological polar surface area (TPSA) is 112 Å². The van der Waals surface area contributed by atoms with Crippen molar-refractivity contribution in [2.45, 2.75) is 104 Å². The Hall–Kier alpha value is -6.56. The van der Waals surface area contributed by atoms with Crippen molar-refractivity contribution in [1.29, 1.82) is 0 Å². The van der Waals surface area contributed by atoms with E-state index in [4.69, 9.17) is 29.0 Å². The third kappa shape index (κ3) is 13.8. The van der Waals surface area contributed by atoms with Gasteiger partial charge in [0.25, 0.3) is 0 Å². The van der Waals surface area contributed by atoms with Crippen LogP contribution in [0.25, 0.3) is 11.1 Å². The van der Waals surface area contributed by atoms with Crippen LogP contribution in [0.2, 0.25) is 0 Å². The lowest BCUT2D eigenvalue weighted by molar-refractivity contribution is -0.141. The lowest BCUT2D eigenvalue weighted by Crippen LogP contribution is -2.34. The standard InChI is InChI=1S/C30H30O3.C22H21BrO3.C8H11BO2/c1-5-8-22(19-29(31)32-4)23-13-15-28-25(17-23)14-16-27(33-28)24-11-7-12-26(18-24)30-20(2)9-6-10-21(30)3;1-3-5-15(14-22(24)25-2)16-8-10-21-18(12-16)9-11-20(26-21)17-6-4-7-19(23)13-17;1-6-4-3-5-7(2)8(6)9(10)11/h6-7,9-13,15,17-18,22,27H,14,16,19H2,1-4H3;4,6-8,10,12-13,15,20H,9,11,14H2,1-2H3;3-5,10-11H,1-2H3. The molecule has 0 spiro atoms. The molecule has 4 atom stereocenters. The molecule has 0 bridgehead atoms. The highest BCUT2D eigenvalue weighted by molar-refractivity contribution is 9.10. The first-order chi connectivity index (χ1) is 33.7. The normalized spacial score (nSPS) is 15.0. The summed E-state index contributed by atoms with van der Waals surface area (Å²) in [6.07, 6.45) is 4.29. The Balaban J connectivity index is 0.000000192. The summed E-state index contributed by atoms with van der Waals surface area (Å²) in [7, 11) is 1.47. The summed E-state index contributed by atoms with van der Waals surface area (Å²) in [6.45, 7) is 11.6. The van der Waals surface area contributed by atoms with Crippen molar-refractivity contribution in [2.75, 3.05) is 14.2 Å². The van der Waals surface area contributed by atoms with Gasteiger partial charge in [0.05, 0.1) is 38.9 Å². The molecule has 0 fully saturated rings. The van der Waals surface area contributed by atoms with E-state index in [0.717, 1.165) is 63.9 Å². The van der Waals surface area contributed by atoms with Crippen molar-refractivity contribution in [3.63, 3.8) is 0 Å². The van der Waals surface area contributed by atoms with Gasteiger partial charge in [-0.05, 0) is 159 Å². The van der Waals surface area contributed by atoms with Crippen LogP contribution in [0, 0.1) is 51.4 Å². The molecule has 0 aliphatic carbocycles. The Labute approximate surface area is 423 Å². The van der Waals surface area contributed by atoms with E-state index in [1.807, 2.05) is 68.4 Å². The second-order valence-corrected chi connectivity index (χ2v) is 18.5. The average molecular weight is 1000 g/mol. The van der Waals surface area contributed by atoms with Gasteiger partial charge in [0.2, 0.25) is 0 Å². The third-order valence-corrected chi connectivity index (χ3v) is 13.2. The van der Waals surface area contributed by atoms with Crippen LogP contribution in [0.15, 0.2) is 126 Å². The molecule has 8 rings (SSSR count). The summed E-state index contributed by atoms with van der Waals surface area (Å²) >= 11 is 3.52. The minimum Gasteiger partial charge on any atom is -0.485 e. The zero-order chi connectivity index (χ0) is 50.3. The second kappa shape index (κ2) is 25.3. The number of methoxy groups -OCH3 is 2. The first-order valence-electron chi connectivity index (χ1n) is 23.6. The molecule has 0 saturated heterocycles. The molecular formula is C60H62BBrO8. The van der Waals surface area contributed by atoms with Gasteiger partial charge in [-0.3, -0.25) is 9.59 Å². The van der Waals surface area contributed by atoms with Crippen LogP contribution in [0.1, 0.15) is 119 Å². The van der Waals surface area contributed by atoms with Crippen LogP contribution in [-0.4, -0.2) is 43.3 Å². The van der Waals surface area contributed by atoms with E-state index in [1.54, 1.807) is 13.8 Å². The average Bonchev–Trinajstić information content (AvgIpc) is 3.35. The van der Waals surface area contributed by atoms with Gasteiger partial charge in [0, 0.05) is 4.47 Å². The first kappa shape index (κ1) is 52.8. The number of hydrogen-bond donors (Lipinski definition) is 2. The lowest BCUT2D eigenvalue weighted by atomic mass is 9.74. The number of rotatable bonds is 10. The van der Waals surface area contributed by atoms with Crippen molar-refractivity contribution >= 4 is 40.4 Å². The molecule has 8 nitrogen and oxygen atoms in total. The summed E-state index contributed by atoms with van der Waals surface area (Å²) in [5.74, 6) is 13.1. The largest absolute Gasteiger partial charge is 0.488 e. The Morgan fingerprint density at radius 3 is 1.50 bits per heavy atom. The molecule has 0 radical (unpaired) electrons. The quantitative estimate of drug-likeness (QED) is 0.0793. The summed E-state index contributed by atoms with van der Waals surface area (Å²) in [6, 6.07) is 41.3. The summed E-state index contributed by atoms with van der Waals surface area (Å²) < 4.78 is 23.4. The Kier molecular flexibility index (Phi) is 19.1. The number of halogens is 1. The molecule has 70 heavy (non-hydrogen) atoms. The van der Waals surface area contributed by atoms with E-state index in [9.17, 15) is 9.59 Å². The highest BCUT2D eigenvalue weighted by Crippen LogP contribution is 2.40. The van der Waals surface area contributed by atoms with Crippen molar-refractivity contribution in [3.05, 3.63) is 181 Å².